The van der Waals surface area contributed by atoms with E-state index in [2.05, 4.69) is 27.7 Å². The molecule has 0 saturated carbocycles. The molecule has 11 heavy (non-hydrogen) atoms. The Hall–Kier alpha value is 0.394. The summed E-state index contributed by atoms with van der Waals surface area (Å²) >= 11 is 0. The van der Waals surface area contributed by atoms with Crippen LogP contribution in [0.1, 0.15) is 34.1 Å². The first-order valence-electron chi connectivity index (χ1n) is 4.74. The van der Waals surface area contributed by atoms with Gasteiger partial charge >= 0.3 is 0 Å². The average molecular weight is 190 g/mol. The highest BCUT2D eigenvalue weighted by Gasteiger charge is 2.00. The molecule has 0 bridgehead atoms. The highest BCUT2D eigenvalue weighted by Crippen LogP contribution is 2.06. The summed E-state index contributed by atoms with van der Waals surface area (Å²) in [6.45, 7) is 9.13. The van der Waals surface area contributed by atoms with Crippen LogP contribution in [0.15, 0.2) is 0 Å². The first kappa shape index (κ1) is 11.4. The zero-order valence-corrected chi connectivity index (χ0v) is 11.2. The Kier molecular flexibility index (Phi) is 7.32. The fraction of sp³-hybridized carbons (Fsp3) is 1.00. The molecule has 0 aliphatic carbocycles. The van der Waals surface area contributed by atoms with Gasteiger partial charge in [-0.05, 0) is 17.5 Å². The fourth-order valence-corrected chi connectivity index (χ4v) is 4.37. The summed E-state index contributed by atoms with van der Waals surface area (Å²) in [6.07, 6.45) is 1.31. The largest absolute Gasteiger partial charge is 0.465 e. The zero-order valence-electron chi connectivity index (χ0n) is 8.39. The van der Waals surface area contributed by atoms with E-state index in [-0.39, 0.29) is 19.5 Å². The molecule has 0 radical (unpaired) electrons. The van der Waals surface area contributed by atoms with Crippen molar-refractivity contribution >= 4 is 19.5 Å². The Balaban J connectivity index is 3.01. The smallest absolute Gasteiger partial charge is 0.148 e. The van der Waals surface area contributed by atoms with Crippen LogP contribution in [0.3, 0.4) is 0 Å². The molecule has 0 saturated heterocycles. The SMILES string of the molecule is CCC(C)[SiH2]O[SiH2]CC(C)C. The van der Waals surface area contributed by atoms with Crippen LogP contribution in [-0.4, -0.2) is 19.5 Å². The summed E-state index contributed by atoms with van der Waals surface area (Å²) in [6, 6.07) is 1.36. The highest BCUT2D eigenvalue weighted by molar-refractivity contribution is 6.43. The van der Waals surface area contributed by atoms with E-state index in [4.69, 9.17) is 4.12 Å². The van der Waals surface area contributed by atoms with Gasteiger partial charge in [-0.3, -0.25) is 0 Å². The van der Waals surface area contributed by atoms with E-state index in [1.807, 2.05) is 0 Å². The van der Waals surface area contributed by atoms with Gasteiger partial charge in [0.1, 0.15) is 19.5 Å². The molecule has 1 nitrogen and oxygen atoms in total. The fourth-order valence-electron chi connectivity index (χ4n) is 0.721. The lowest BCUT2D eigenvalue weighted by Crippen LogP contribution is -2.09. The molecule has 0 fully saturated rings. The van der Waals surface area contributed by atoms with Gasteiger partial charge in [-0.15, -0.1) is 0 Å². The summed E-state index contributed by atoms with van der Waals surface area (Å²) in [7, 11) is -0.272. The number of hydrogen-bond acceptors (Lipinski definition) is 1. The van der Waals surface area contributed by atoms with Crippen molar-refractivity contribution < 1.29 is 4.12 Å². The maximum Gasteiger partial charge on any atom is 0.148 e. The Morgan fingerprint density at radius 2 is 1.91 bits per heavy atom. The van der Waals surface area contributed by atoms with Gasteiger partial charge in [0.25, 0.3) is 0 Å². The summed E-state index contributed by atoms with van der Waals surface area (Å²) in [4.78, 5) is 0. The van der Waals surface area contributed by atoms with Gasteiger partial charge in [0.2, 0.25) is 0 Å². The minimum atomic E-state index is -0.146. The van der Waals surface area contributed by atoms with E-state index in [9.17, 15) is 0 Å². The van der Waals surface area contributed by atoms with Crippen molar-refractivity contribution in [2.24, 2.45) is 5.92 Å². The molecule has 3 heteroatoms. The third kappa shape index (κ3) is 8.30. The summed E-state index contributed by atoms with van der Waals surface area (Å²) in [5.74, 6) is 0.854. The molecule has 0 amide bonds. The molecule has 0 aromatic heterocycles. The van der Waals surface area contributed by atoms with Crippen LogP contribution in [-0.2, 0) is 4.12 Å². The summed E-state index contributed by atoms with van der Waals surface area (Å²) in [5, 5.41) is 0. The quantitative estimate of drug-likeness (QED) is 0.455. The minimum Gasteiger partial charge on any atom is -0.465 e. The molecule has 1 unspecified atom stereocenters. The minimum absolute atomic E-state index is 0.127. The predicted molar refractivity (Wildman–Crippen MR) is 57.5 cm³/mol. The topological polar surface area (TPSA) is 9.23 Å². The van der Waals surface area contributed by atoms with Gasteiger partial charge in [0.05, 0.1) is 0 Å². The van der Waals surface area contributed by atoms with Gasteiger partial charge in [-0.2, -0.15) is 0 Å². The number of hydrogen-bond donors (Lipinski definition) is 0. The van der Waals surface area contributed by atoms with Crippen LogP contribution < -0.4 is 0 Å². The van der Waals surface area contributed by atoms with Crippen molar-refractivity contribution in [2.75, 3.05) is 0 Å². The first-order valence-corrected chi connectivity index (χ1v) is 7.71. The maximum atomic E-state index is 5.77. The lowest BCUT2D eigenvalue weighted by Gasteiger charge is -2.09. The third-order valence-electron chi connectivity index (χ3n) is 1.94. The molecule has 0 aliphatic heterocycles. The molecular weight excluding hydrogens is 168 g/mol. The molecule has 0 heterocycles. The zero-order chi connectivity index (χ0) is 8.69. The van der Waals surface area contributed by atoms with Crippen molar-refractivity contribution in [2.45, 2.75) is 45.7 Å². The molecule has 0 N–H and O–H groups in total. The van der Waals surface area contributed by atoms with Gasteiger partial charge < -0.3 is 4.12 Å². The second-order valence-electron chi connectivity index (χ2n) is 3.77. The molecule has 0 spiro atoms. The van der Waals surface area contributed by atoms with E-state index in [0.29, 0.717) is 0 Å². The summed E-state index contributed by atoms with van der Waals surface area (Å²) in [5.41, 5.74) is 0.898. The lowest BCUT2D eigenvalue weighted by molar-refractivity contribution is 0.587. The van der Waals surface area contributed by atoms with Crippen molar-refractivity contribution in [1.29, 1.82) is 0 Å². The van der Waals surface area contributed by atoms with Crippen LogP contribution in [0, 0.1) is 5.92 Å². The summed E-state index contributed by atoms with van der Waals surface area (Å²) < 4.78 is 5.77. The van der Waals surface area contributed by atoms with E-state index >= 15 is 0 Å². The van der Waals surface area contributed by atoms with Crippen molar-refractivity contribution in [3.63, 3.8) is 0 Å². The van der Waals surface area contributed by atoms with Crippen molar-refractivity contribution in [3.05, 3.63) is 0 Å². The lowest BCUT2D eigenvalue weighted by atomic mass is 10.3. The van der Waals surface area contributed by atoms with Crippen molar-refractivity contribution in [3.8, 4) is 0 Å². The number of rotatable bonds is 6. The molecule has 0 aromatic carbocycles. The molecule has 68 valence electrons. The Morgan fingerprint density at radius 1 is 1.27 bits per heavy atom. The van der Waals surface area contributed by atoms with Gasteiger partial charge in [-0.25, -0.2) is 0 Å². The second-order valence-corrected chi connectivity index (χ2v) is 8.12. The Bertz CT molecular complexity index is 86.2. The highest BCUT2D eigenvalue weighted by atomic mass is 28.3. The third-order valence-corrected chi connectivity index (χ3v) is 6.57. The van der Waals surface area contributed by atoms with Crippen LogP contribution in [0.5, 0.6) is 0 Å². The Morgan fingerprint density at radius 3 is 2.36 bits per heavy atom. The average Bonchev–Trinajstić information content (AvgIpc) is 1.97. The standard InChI is InChI=1S/C8H22OSi2/c1-5-8(4)11-9-10-6-7(2)3/h7-8H,5-6,10-11H2,1-4H3. The monoisotopic (exact) mass is 190 g/mol. The van der Waals surface area contributed by atoms with E-state index in [1.54, 1.807) is 0 Å². The normalized spacial score (nSPS) is 16.1. The molecular formula is C8H22OSi2. The van der Waals surface area contributed by atoms with Gasteiger partial charge in [0, 0.05) is 0 Å². The van der Waals surface area contributed by atoms with Crippen LogP contribution in [0.2, 0.25) is 11.6 Å². The molecule has 0 aromatic rings. The van der Waals surface area contributed by atoms with Crippen molar-refractivity contribution in [1.82, 2.24) is 0 Å². The Labute approximate surface area is 75.8 Å². The maximum absolute atomic E-state index is 5.77. The predicted octanol–water partition coefficient (Wildman–Crippen LogP) is 1.46. The van der Waals surface area contributed by atoms with Gasteiger partial charge in [-0.1, -0.05) is 34.1 Å². The van der Waals surface area contributed by atoms with Crippen LogP contribution >= 0.6 is 0 Å². The van der Waals surface area contributed by atoms with E-state index in [1.165, 1.54) is 12.5 Å². The van der Waals surface area contributed by atoms with E-state index < -0.39 is 0 Å². The van der Waals surface area contributed by atoms with Crippen LogP contribution in [0.25, 0.3) is 0 Å². The van der Waals surface area contributed by atoms with Crippen LogP contribution in [0.4, 0.5) is 0 Å². The second kappa shape index (κ2) is 7.07. The molecule has 0 rings (SSSR count). The molecule has 0 aliphatic rings. The van der Waals surface area contributed by atoms with Gasteiger partial charge in [0.15, 0.2) is 0 Å². The van der Waals surface area contributed by atoms with E-state index in [0.717, 1.165) is 11.5 Å². The molecule has 1 atom stereocenters. The first-order chi connectivity index (χ1) is 5.16.